The van der Waals surface area contributed by atoms with Crippen LogP contribution >= 0.6 is 0 Å². The molecular weight excluding hydrogens is 362 g/mol. The van der Waals surface area contributed by atoms with E-state index in [4.69, 9.17) is 9.72 Å². The van der Waals surface area contributed by atoms with Gasteiger partial charge in [-0.25, -0.2) is 4.79 Å². The van der Waals surface area contributed by atoms with E-state index in [0.29, 0.717) is 12.1 Å². The molecule has 5 nitrogen and oxygen atoms in total. The van der Waals surface area contributed by atoms with Crippen LogP contribution in [0.15, 0.2) is 48.5 Å². The van der Waals surface area contributed by atoms with Crippen molar-refractivity contribution in [3.05, 3.63) is 70.9 Å². The number of fused-ring (bicyclic) bond motifs is 1. The summed E-state index contributed by atoms with van der Waals surface area (Å²) in [6.07, 6.45) is 0. The summed E-state index contributed by atoms with van der Waals surface area (Å²) in [5.74, 6) is -0.311. The van der Waals surface area contributed by atoms with E-state index in [1.54, 1.807) is 0 Å². The van der Waals surface area contributed by atoms with Crippen molar-refractivity contribution in [3.63, 3.8) is 0 Å². The number of anilines is 1. The van der Waals surface area contributed by atoms with Gasteiger partial charge in [0, 0.05) is 43.8 Å². The number of carbonyl (C=O) groups excluding carboxylic acids is 1. The van der Waals surface area contributed by atoms with Crippen LogP contribution in [-0.2, 0) is 11.3 Å². The maximum absolute atomic E-state index is 12.5. The summed E-state index contributed by atoms with van der Waals surface area (Å²) in [6.45, 7) is 8.58. The number of aromatic nitrogens is 1. The van der Waals surface area contributed by atoms with E-state index < -0.39 is 0 Å². The Kier molecular flexibility index (Phi) is 5.49. The molecule has 0 aliphatic carbocycles. The highest BCUT2D eigenvalue weighted by Crippen LogP contribution is 2.26. The number of aryl methyl sites for hydroxylation is 2. The number of hydrogen-bond acceptors (Lipinski definition) is 5. The molecule has 0 spiro atoms. The first-order valence-electron chi connectivity index (χ1n) is 10.1. The van der Waals surface area contributed by atoms with Crippen LogP contribution in [0.1, 0.15) is 27.2 Å². The molecule has 2 aromatic carbocycles. The molecule has 29 heavy (non-hydrogen) atoms. The van der Waals surface area contributed by atoms with Crippen molar-refractivity contribution in [1.82, 2.24) is 9.88 Å². The van der Waals surface area contributed by atoms with Crippen LogP contribution in [0.3, 0.4) is 0 Å². The fourth-order valence-corrected chi connectivity index (χ4v) is 4.20. The summed E-state index contributed by atoms with van der Waals surface area (Å²) in [4.78, 5) is 22.2. The fraction of sp³-hybridized carbons (Fsp3) is 0.333. The summed E-state index contributed by atoms with van der Waals surface area (Å²) in [6, 6.07) is 16.5. The molecule has 1 aromatic heterocycles. The van der Waals surface area contributed by atoms with Gasteiger partial charge in [0.05, 0.1) is 23.9 Å². The molecule has 0 atom stereocenters. The van der Waals surface area contributed by atoms with Crippen molar-refractivity contribution in [3.8, 4) is 0 Å². The first-order valence-corrected chi connectivity index (χ1v) is 10.1. The van der Waals surface area contributed by atoms with Crippen LogP contribution in [-0.4, -0.2) is 49.1 Å². The molecule has 1 fully saturated rings. The van der Waals surface area contributed by atoms with Crippen molar-refractivity contribution in [2.45, 2.75) is 20.4 Å². The normalized spacial score (nSPS) is 14.9. The molecule has 5 heteroatoms. The van der Waals surface area contributed by atoms with Gasteiger partial charge in [0.25, 0.3) is 0 Å². The van der Waals surface area contributed by atoms with Crippen molar-refractivity contribution >= 4 is 22.6 Å². The molecule has 1 saturated heterocycles. The quantitative estimate of drug-likeness (QED) is 0.632. The van der Waals surface area contributed by atoms with Crippen LogP contribution < -0.4 is 4.90 Å². The SMILES string of the molecule is COC(=O)c1c(CN2CCN(c3ccccc3C)CC2)nc2ccccc2c1C. The molecule has 1 aliphatic heterocycles. The van der Waals surface area contributed by atoms with Crippen LogP contribution in [0, 0.1) is 13.8 Å². The number of benzene rings is 2. The van der Waals surface area contributed by atoms with Crippen molar-refractivity contribution in [2.75, 3.05) is 38.2 Å². The maximum Gasteiger partial charge on any atom is 0.340 e. The van der Waals surface area contributed by atoms with Gasteiger partial charge < -0.3 is 9.64 Å². The molecule has 0 unspecified atom stereocenters. The molecule has 4 rings (SSSR count). The van der Waals surface area contributed by atoms with Gasteiger partial charge in [-0.15, -0.1) is 0 Å². The zero-order valence-electron chi connectivity index (χ0n) is 17.3. The van der Waals surface area contributed by atoms with E-state index in [0.717, 1.165) is 48.3 Å². The van der Waals surface area contributed by atoms with Crippen molar-refractivity contribution in [1.29, 1.82) is 0 Å². The van der Waals surface area contributed by atoms with Gasteiger partial charge in [0.15, 0.2) is 0 Å². The summed E-state index contributed by atoms with van der Waals surface area (Å²) in [5.41, 5.74) is 5.88. The summed E-state index contributed by atoms with van der Waals surface area (Å²) >= 11 is 0. The Balaban J connectivity index is 1.57. The van der Waals surface area contributed by atoms with Gasteiger partial charge in [-0.3, -0.25) is 9.88 Å². The zero-order chi connectivity index (χ0) is 20.4. The predicted molar refractivity (Wildman–Crippen MR) is 116 cm³/mol. The molecule has 0 radical (unpaired) electrons. The first-order chi connectivity index (χ1) is 14.1. The smallest absolute Gasteiger partial charge is 0.340 e. The zero-order valence-corrected chi connectivity index (χ0v) is 17.3. The minimum atomic E-state index is -0.311. The molecule has 0 saturated carbocycles. The van der Waals surface area contributed by atoms with Crippen molar-refractivity contribution < 1.29 is 9.53 Å². The number of nitrogens with zero attached hydrogens (tertiary/aromatic N) is 3. The summed E-state index contributed by atoms with van der Waals surface area (Å²) < 4.78 is 5.08. The minimum absolute atomic E-state index is 0.311. The lowest BCUT2D eigenvalue weighted by molar-refractivity contribution is 0.0596. The Morgan fingerprint density at radius 1 is 1.00 bits per heavy atom. The second-order valence-corrected chi connectivity index (χ2v) is 7.62. The number of rotatable bonds is 4. The lowest BCUT2D eigenvalue weighted by Gasteiger charge is -2.36. The topological polar surface area (TPSA) is 45.7 Å². The lowest BCUT2D eigenvalue weighted by Crippen LogP contribution is -2.46. The third-order valence-corrected chi connectivity index (χ3v) is 5.82. The van der Waals surface area contributed by atoms with Gasteiger partial charge >= 0.3 is 5.97 Å². The van der Waals surface area contributed by atoms with E-state index in [-0.39, 0.29) is 5.97 Å². The van der Waals surface area contributed by atoms with E-state index in [1.807, 2.05) is 31.2 Å². The third-order valence-electron chi connectivity index (χ3n) is 5.82. The highest BCUT2D eigenvalue weighted by molar-refractivity contribution is 5.98. The third kappa shape index (κ3) is 3.83. The highest BCUT2D eigenvalue weighted by atomic mass is 16.5. The van der Waals surface area contributed by atoms with E-state index in [2.05, 4.69) is 41.0 Å². The van der Waals surface area contributed by atoms with E-state index in [1.165, 1.54) is 18.4 Å². The Labute approximate surface area is 171 Å². The molecule has 2 heterocycles. The number of hydrogen-bond donors (Lipinski definition) is 0. The van der Waals surface area contributed by atoms with E-state index >= 15 is 0 Å². The number of para-hydroxylation sites is 2. The minimum Gasteiger partial charge on any atom is -0.465 e. The van der Waals surface area contributed by atoms with Crippen molar-refractivity contribution in [2.24, 2.45) is 0 Å². The monoisotopic (exact) mass is 389 g/mol. The lowest BCUT2D eigenvalue weighted by atomic mass is 10.0. The van der Waals surface area contributed by atoms with E-state index in [9.17, 15) is 4.79 Å². The Morgan fingerprint density at radius 3 is 2.41 bits per heavy atom. The van der Waals surface area contributed by atoms with Gasteiger partial charge in [-0.05, 0) is 37.1 Å². The van der Waals surface area contributed by atoms with Crippen LogP contribution in [0.25, 0.3) is 10.9 Å². The summed E-state index contributed by atoms with van der Waals surface area (Å²) in [5, 5.41) is 1.00. The molecule has 3 aromatic rings. The Morgan fingerprint density at radius 2 is 1.69 bits per heavy atom. The van der Waals surface area contributed by atoms with Gasteiger partial charge in [0.2, 0.25) is 0 Å². The molecule has 0 N–H and O–H groups in total. The van der Waals surface area contributed by atoms with Crippen LogP contribution in [0.5, 0.6) is 0 Å². The average Bonchev–Trinajstić information content (AvgIpc) is 2.74. The van der Waals surface area contributed by atoms with Crippen LogP contribution in [0.4, 0.5) is 5.69 Å². The highest BCUT2D eigenvalue weighted by Gasteiger charge is 2.24. The molecular formula is C24H27N3O2. The fourth-order valence-electron chi connectivity index (χ4n) is 4.20. The largest absolute Gasteiger partial charge is 0.465 e. The number of methoxy groups -OCH3 is 1. The van der Waals surface area contributed by atoms with Gasteiger partial charge in [-0.2, -0.15) is 0 Å². The average molecular weight is 389 g/mol. The van der Waals surface area contributed by atoms with Gasteiger partial charge in [-0.1, -0.05) is 36.4 Å². The number of piperazine rings is 1. The maximum atomic E-state index is 12.5. The first kappa shape index (κ1) is 19.4. The summed E-state index contributed by atoms with van der Waals surface area (Å²) in [7, 11) is 1.43. The molecule has 0 amide bonds. The van der Waals surface area contributed by atoms with Gasteiger partial charge in [0.1, 0.15) is 0 Å². The number of esters is 1. The predicted octanol–water partition coefficient (Wildman–Crippen LogP) is 3.96. The van der Waals surface area contributed by atoms with Crippen LogP contribution in [0.2, 0.25) is 0 Å². The number of pyridine rings is 1. The standard InChI is InChI=1S/C24H27N3O2/c1-17-8-4-7-11-22(17)27-14-12-26(13-15-27)16-21-23(24(28)29-3)18(2)19-9-5-6-10-20(19)25-21/h4-11H,12-16H2,1-3H3. The molecule has 0 bridgehead atoms. The Hall–Kier alpha value is -2.92. The second kappa shape index (κ2) is 8.21. The second-order valence-electron chi connectivity index (χ2n) is 7.62. The Bertz CT molecular complexity index is 1040. The number of ether oxygens (including phenoxy) is 1. The molecule has 150 valence electrons. The molecule has 1 aliphatic rings. The number of carbonyl (C=O) groups is 1.